The number of rotatable bonds is 4. The highest BCUT2D eigenvalue weighted by Gasteiger charge is 2.35. The molecule has 148 valence electrons. The van der Waals surface area contributed by atoms with Crippen LogP contribution in [-0.2, 0) is 22.2 Å². The quantitative estimate of drug-likeness (QED) is 0.733. The Bertz CT molecular complexity index is 995. The third-order valence-corrected chi connectivity index (χ3v) is 4.88. The van der Waals surface area contributed by atoms with Crippen LogP contribution in [0, 0.1) is 0 Å². The summed E-state index contributed by atoms with van der Waals surface area (Å²) in [5.74, 6) is -0.152. The zero-order valence-electron chi connectivity index (χ0n) is 15.3. The normalized spacial score (nSPS) is 20.9. The molecule has 0 spiro atoms. The Hall–Kier alpha value is -2.49. The molecule has 3 aromatic rings. The molecule has 1 aliphatic rings. The van der Waals surface area contributed by atoms with E-state index in [1.807, 2.05) is 13.8 Å². The Kier molecular flexibility index (Phi) is 4.60. The lowest BCUT2D eigenvalue weighted by Gasteiger charge is -2.38. The summed E-state index contributed by atoms with van der Waals surface area (Å²) in [6.07, 6.45) is -1.79. The van der Waals surface area contributed by atoms with E-state index < -0.39 is 18.0 Å². The fourth-order valence-corrected chi connectivity index (χ4v) is 3.42. The summed E-state index contributed by atoms with van der Waals surface area (Å²) in [5, 5.41) is 4.42. The minimum atomic E-state index is -4.38. The fraction of sp³-hybridized carbons (Fsp3) is 0.368. The molecule has 1 fully saturated rings. The second-order valence-electron chi connectivity index (χ2n) is 6.74. The van der Waals surface area contributed by atoms with Crippen LogP contribution in [0.5, 0.6) is 0 Å². The van der Waals surface area contributed by atoms with Gasteiger partial charge in [-0.25, -0.2) is 9.50 Å². The number of alkyl halides is 3. The second-order valence-corrected chi connectivity index (χ2v) is 6.74. The minimum absolute atomic E-state index is 0.152. The first kappa shape index (κ1) is 18.9. The molecule has 0 unspecified atom stereocenters. The van der Waals surface area contributed by atoms with Crippen LogP contribution in [0.1, 0.15) is 36.6 Å². The van der Waals surface area contributed by atoms with Crippen LogP contribution in [0.3, 0.4) is 0 Å². The van der Waals surface area contributed by atoms with Crippen molar-refractivity contribution in [2.24, 2.45) is 5.73 Å². The molecule has 4 rings (SSSR count). The van der Waals surface area contributed by atoms with Gasteiger partial charge in [-0.1, -0.05) is 19.1 Å². The number of hydrogen-bond donors (Lipinski definition) is 1. The van der Waals surface area contributed by atoms with E-state index in [0.717, 1.165) is 23.4 Å². The maximum Gasteiger partial charge on any atom is 0.416 e. The fourth-order valence-electron chi connectivity index (χ4n) is 3.42. The summed E-state index contributed by atoms with van der Waals surface area (Å²) in [6.45, 7) is 4.02. The van der Waals surface area contributed by atoms with E-state index in [0.29, 0.717) is 16.8 Å². The molecule has 2 N–H and O–H groups in total. The molecular formula is C19H19F3N4O2. The SMILES string of the molecule is CC1OC([C@@H](C)c2c(CN)cnc3c(-c4ccc(C(F)(F)F)cc4)cnn23)O1. The lowest BCUT2D eigenvalue weighted by molar-refractivity contribution is -0.382. The lowest BCUT2D eigenvalue weighted by atomic mass is 10.0. The van der Waals surface area contributed by atoms with Gasteiger partial charge in [0.05, 0.1) is 23.4 Å². The van der Waals surface area contributed by atoms with E-state index in [1.165, 1.54) is 12.1 Å². The maximum absolute atomic E-state index is 12.8. The lowest BCUT2D eigenvalue weighted by Crippen LogP contribution is -2.42. The summed E-state index contributed by atoms with van der Waals surface area (Å²) in [4.78, 5) is 4.44. The third-order valence-electron chi connectivity index (χ3n) is 4.88. The first-order valence-electron chi connectivity index (χ1n) is 8.83. The van der Waals surface area contributed by atoms with Gasteiger partial charge in [-0.15, -0.1) is 0 Å². The van der Waals surface area contributed by atoms with Gasteiger partial charge in [-0.2, -0.15) is 18.3 Å². The molecule has 1 aromatic carbocycles. The summed E-state index contributed by atoms with van der Waals surface area (Å²) in [5.41, 5.74) is 8.54. The summed E-state index contributed by atoms with van der Waals surface area (Å²) >= 11 is 0. The number of aromatic nitrogens is 3. The molecule has 1 atom stereocenters. The first-order valence-corrected chi connectivity index (χ1v) is 8.83. The predicted octanol–water partition coefficient (Wildman–Crippen LogP) is 3.70. The van der Waals surface area contributed by atoms with Gasteiger partial charge >= 0.3 is 6.18 Å². The second kappa shape index (κ2) is 6.84. The van der Waals surface area contributed by atoms with Crippen molar-refractivity contribution in [2.45, 2.75) is 45.1 Å². The van der Waals surface area contributed by atoms with Gasteiger partial charge < -0.3 is 15.2 Å². The van der Waals surface area contributed by atoms with Gasteiger partial charge in [0.25, 0.3) is 0 Å². The van der Waals surface area contributed by atoms with Crippen molar-refractivity contribution in [1.82, 2.24) is 14.6 Å². The van der Waals surface area contributed by atoms with Crippen LogP contribution in [0.25, 0.3) is 16.8 Å². The van der Waals surface area contributed by atoms with Crippen LogP contribution < -0.4 is 5.73 Å². The highest BCUT2D eigenvalue weighted by molar-refractivity contribution is 5.77. The molecule has 2 aromatic heterocycles. The van der Waals surface area contributed by atoms with Gasteiger partial charge in [-0.3, -0.25) is 0 Å². The number of fused-ring (bicyclic) bond motifs is 1. The standard InChI is InChI=1S/C19H19F3N4O2/c1-10(18-27-11(2)28-18)16-13(7-23)8-24-17-15(9-25-26(16)17)12-3-5-14(6-4-12)19(20,21)22/h3-6,8-11,18H,7,23H2,1-2H3/t10-,11?,18?/m0/s1. The molecule has 3 heterocycles. The largest absolute Gasteiger partial charge is 0.416 e. The molecule has 6 nitrogen and oxygen atoms in total. The van der Waals surface area contributed by atoms with E-state index in [2.05, 4.69) is 10.1 Å². The zero-order chi connectivity index (χ0) is 20.1. The molecule has 1 saturated heterocycles. The molecule has 0 bridgehead atoms. The number of ether oxygens (including phenoxy) is 2. The van der Waals surface area contributed by atoms with Gasteiger partial charge in [0, 0.05) is 23.9 Å². The molecule has 0 saturated carbocycles. The molecule has 1 aliphatic heterocycles. The van der Waals surface area contributed by atoms with Gasteiger partial charge in [0.2, 0.25) is 0 Å². The van der Waals surface area contributed by atoms with Crippen molar-refractivity contribution >= 4 is 5.65 Å². The van der Waals surface area contributed by atoms with Crippen molar-refractivity contribution in [3.63, 3.8) is 0 Å². The monoisotopic (exact) mass is 392 g/mol. The highest BCUT2D eigenvalue weighted by atomic mass is 19.4. The minimum Gasteiger partial charge on any atom is -0.326 e. The average molecular weight is 392 g/mol. The Morgan fingerprint density at radius 3 is 2.43 bits per heavy atom. The summed E-state index contributed by atoms with van der Waals surface area (Å²) in [6, 6.07) is 4.94. The summed E-state index contributed by atoms with van der Waals surface area (Å²) < 4.78 is 51.3. The van der Waals surface area contributed by atoms with Crippen LogP contribution >= 0.6 is 0 Å². The van der Waals surface area contributed by atoms with Crippen LogP contribution in [0.2, 0.25) is 0 Å². The van der Waals surface area contributed by atoms with E-state index in [4.69, 9.17) is 15.2 Å². The zero-order valence-corrected chi connectivity index (χ0v) is 15.3. The van der Waals surface area contributed by atoms with Crippen molar-refractivity contribution in [2.75, 3.05) is 0 Å². The van der Waals surface area contributed by atoms with E-state index in [9.17, 15) is 13.2 Å². The van der Waals surface area contributed by atoms with E-state index in [-0.39, 0.29) is 18.8 Å². The van der Waals surface area contributed by atoms with Crippen LogP contribution in [0.15, 0.2) is 36.7 Å². The topological polar surface area (TPSA) is 74.7 Å². The number of halogens is 3. The molecule has 9 heteroatoms. The van der Waals surface area contributed by atoms with Crippen molar-refractivity contribution in [3.8, 4) is 11.1 Å². The Morgan fingerprint density at radius 1 is 1.18 bits per heavy atom. The van der Waals surface area contributed by atoms with Crippen LogP contribution in [0.4, 0.5) is 13.2 Å². The number of nitrogens with two attached hydrogens (primary N) is 1. The van der Waals surface area contributed by atoms with Gasteiger partial charge in [0.1, 0.15) is 0 Å². The summed E-state index contributed by atoms with van der Waals surface area (Å²) in [7, 11) is 0. The Balaban J connectivity index is 1.77. The maximum atomic E-state index is 12.8. The Morgan fingerprint density at radius 2 is 1.86 bits per heavy atom. The molecular weight excluding hydrogens is 373 g/mol. The number of hydrogen-bond acceptors (Lipinski definition) is 5. The molecule has 0 amide bonds. The molecule has 0 aliphatic carbocycles. The van der Waals surface area contributed by atoms with E-state index in [1.54, 1.807) is 16.9 Å². The van der Waals surface area contributed by atoms with Crippen molar-refractivity contribution < 1.29 is 22.6 Å². The van der Waals surface area contributed by atoms with Crippen molar-refractivity contribution in [3.05, 3.63) is 53.5 Å². The van der Waals surface area contributed by atoms with E-state index >= 15 is 0 Å². The highest BCUT2D eigenvalue weighted by Crippen LogP contribution is 2.35. The van der Waals surface area contributed by atoms with Crippen molar-refractivity contribution in [1.29, 1.82) is 0 Å². The first-order chi connectivity index (χ1) is 13.3. The number of benzene rings is 1. The average Bonchev–Trinajstić information content (AvgIpc) is 3.07. The van der Waals surface area contributed by atoms with Crippen LogP contribution in [-0.4, -0.2) is 27.2 Å². The smallest absolute Gasteiger partial charge is 0.326 e. The predicted molar refractivity (Wildman–Crippen MR) is 95.2 cm³/mol. The third kappa shape index (κ3) is 3.15. The molecule has 28 heavy (non-hydrogen) atoms. The number of nitrogens with zero attached hydrogens (tertiary/aromatic N) is 3. The van der Waals surface area contributed by atoms with Gasteiger partial charge in [-0.05, 0) is 24.6 Å². The van der Waals surface area contributed by atoms with Gasteiger partial charge in [0.15, 0.2) is 18.2 Å². The molecule has 0 radical (unpaired) electrons. The Labute approximate surface area is 159 Å².